The molecule has 34 heavy (non-hydrogen) atoms. The molecule has 1 aromatic heterocycles. The highest BCUT2D eigenvalue weighted by atomic mass is 16.1. The van der Waals surface area contributed by atoms with Crippen molar-refractivity contribution >= 4 is 29.6 Å². The van der Waals surface area contributed by atoms with Gasteiger partial charge in [-0.15, -0.1) is 0 Å². The Morgan fingerprint density at radius 1 is 1.03 bits per heavy atom. The molecule has 4 rings (SSSR count). The van der Waals surface area contributed by atoms with Crippen LogP contribution in [0.15, 0.2) is 24.3 Å². The highest BCUT2D eigenvalue weighted by molar-refractivity contribution is 6.04. The molecule has 0 saturated carbocycles. The van der Waals surface area contributed by atoms with Crippen molar-refractivity contribution < 1.29 is 4.79 Å². The molecule has 3 heterocycles. The number of amides is 1. The molecule has 0 unspecified atom stereocenters. The Morgan fingerprint density at radius 3 is 2.32 bits per heavy atom. The van der Waals surface area contributed by atoms with Crippen LogP contribution in [0.1, 0.15) is 47.8 Å². The third kappa shape index (κ3) is 5.90. The average Bonchev–Trinajstić information content (AvgIpc) is 2.88. The third-order valence-electron chi connectivity index (χ3n) is 6.79. The fraction of sp³-hybridized carbons (Fsp3) is 0.520. The topological polar surface area (TPSA) is 114 Å². The molecule has 1 aromatic carbocycles. The van der Waals surface area contributed by atoms with Crippen molar-refractivity contribution in [2.75, 3.05) is 62.6 Å². The summed E-state index contributed by atoms with van der Waals surface area (Å²) >= 11 is 0. The molecule has 9 heteroatoms. The smallest absolute Gasteiger partial charge is 0.254 e. The number of carbonyl (C=O) groups excluding carboxylic acids is 1. The lowest BCUT2D eigenvalue weighted by Gasteiger charge is -2.34. The largest absolute Gasteiger partial charge is 0.365 e. The number of aromatic nitrogens is 2. The molecule has 2 fully saturated rings. The summed E-state index contributed by atoms with van der Waals surface area (Å²) in [5, 5.41) is 11.0. The van der Waals surface area contributed by atoms with Crippen molar-refractivity contribution in [3.8, 4) is 0 Å². The predicted octanol–water partition coefficient (Wildman–Crippen LogP) is 2.49. The number of hydrogen-bond acceptors (Lipinski definition) is 8. The molecule has 182 valence electrons. The van der Waals surface area contributed by atoms with Crippen molar-refractivity contribution in [2.45, 2.75) is 32.6 Å². The normalized spacial score (nSPS) is 17.5. The summed E-state index contributed by atoms with van der Waals surface area (Å²) in [4.78, 5) is 28.4. The molecular weight excluding hydrogens is 428 g/mol. The van der Waals surface area contributed by atoms with Crippen LogP contribution in [-0.4, -0.2) is 84.2 Å². The molecular formula is C25H36N8O. The van der Waals surface area contributed by atoms with Gasteiger partial charge in [0.1, 0.15) is 17.1 Å². The molecule has 0 spiro atoms. The minimum atomic E-state index is -0.647. The van der Waals surface area contributed by atoms with E-state index < -0.39 is 5.91 Å². The van der Waals surface area contributed by atoms with E-state index in [0.717, 1.165) is 83.5 Å². The van der Waals surface area contributed by atoms with E-state index in [1.165, 1.54) is 12.0 Å². The van der Waals surface area contributed by atoms with Crippen LogP contribution < -0.4 is 16.0 Å². The summed E-state index contributed by atoms with van der Waals surface area (Å²) in [6.45, 7) is 10.7. The van der Waals surface area contributed by atoms with Crippen LogP contribution in [0.4, 0.5) is 17.5 Å². The van der Waals surface area contributed by atoms with Crippen LogP contribution in [-0.2, 0) is 6.42 Å². The Balaban J connectivity index is 1.45. The first-order valence-electron chi connectivity index (χ1n) is 12.4. The van der Waals surface area contributed by atoms with E-state index in [2.05, 4.69) is 49.0 Å². The van der Waals surface area contributed by atoms with Crippen molar-refractivity contribution in [3.63, 3.8) is 0 Å². The monoisotopic (exact) mass is 464 g/mol. The number of nitrogens with two attached hydrogens (primary N) is 1. The molecule has 9 nitrogen and oxygen atoms in total. The van der Waals surface area contributed by atoms with Gasteiger partial charge in [0, 0.05) is 57.7 Å². The Bertz CT molecular complexity index is 979. The van der Waals surface area contributed by atoms with Gasteiger partial charge in [-0.3, -0.25) is 4.79 Å². The van der Waals surface area contributed by atoms with Gasteiger partial charge in [-0.25, -0.2) is 4.98 Å². The first kappa shape index (κ1) is 24.1. The Labute approximate surface area is 201 Å². The fourth-order valence-electron chi connectivity index (χ4n) is 4.65. The number of anilines is 3. The molecule has 2 aromatic rings. The number of nitrogens with zero attached hydrogens (tertiary/aromatic N) is 5. The minimum absolute atomic E-state index is 0.144. The van der Waals surface area contributed by atoms with Crippen LogP contribution in [0.2, 0.25) is 0 Å². The van der Waals surface area contributed by atoms with Crippen LogP contribution >= 0.6 is 0 Å². The quantitative estimate of drug-likeness (QED) is 0.489. The lowest BCUT2D eigenvalue weighted by molar-refractivity contribution is 0.100. The highest BCUT2D eigenvalue weighted by Crippen LogP contribution is 2.25. The maximum atomic E-state index is 12.2. The number of piperazine rings is 1. The lowest BCUT2D eigenvalue weighted by atomic mass is 10.1. The van der Waals surface area contributed by atoms with Crippen LogP contribution in [0.3, 0.4) is 0 Å². The second kappa shape index (κ2) is 11.4. The van der Waals surface area contributed by atoms with Gasteiger partial charge in [-0.1, -0.05) is 19.1 Å². The van der Waals surface area contributed by atoms with Gasteiger partial charge in [0.25, 0.3) is 5.91 Å². The molecule has 0 radical (unpaired) electrons. The van der Waals surface area contributed by atoms with E-state index in [0.29, 0.717) is 11.8 Å². The van der Waals surface area contributed by atoms with Gasteiger partial charge >= 0.3 is 0 Å². The van der Waals surface area contributed by atoms with Crippen LogP contribution in [0.5, 0.6) is 0 Å². The summed E-state index contributed by atoms with van der Waals surface area (Å²) in [5.41, 5.74) is 8.12. The van der Waals surface area contributed by atoms with E-state index >= 15 is 0 Å². The molecule has 2 aliphatic heterocycles. The van der Waals surface area contributed by atoms with E-state index in [1.807, 2.05) is 12.1 Å². The number of benzene rings is 1. The standard InChI is InChI=1S/C25H36N8O/c1-2-31-14-16-32(17-15-31)13-10-19-6-8-20(9-7-19)28-24-22(23(27)34)21(18-26)29-25(30-24)33-11-4-3-5-12-33/h6-9,18,26H,2-5,10-17H2,1H3,(H2,27,34)(H,28,29,30). The second-order valence-corrected chi connectivity index (χ2v) is 9.04. The molecule has 0 atom stereocenters. The van der Waals surface area contributed by atoms with Crippen molar-refractivity contribution in [1.82, 2.24) is 19.8 Å². The minimum Gasteiger partial charge on any atom is -0.365 e. The highest BCUT2D eigenvalue weighted by Gasteiger charge is 2.22. The molecule has 0 aliphatic carbocycles. The summed E-state index contributed by atoms with van der Waals surface area (Å²) in [6, 6.07) is 8.22. The number of rotatable bonds is 9. The Kier molecular flexibility index (Phi) is 8.08. The number of nitrogens with one attached hydrogen (secondary N) is 2. The second-order valence-electron chi connectivity index (χ2n) is 9.04. The predicted molar refractivity (Wildman–Crippen MR) is 136 cm³/mol. The number of primary amides is 1. The molecule has 2 aliphatic rings. The summed E-state index contributed by atoms with van der Waals surface area (Å²) in [7, 11) is 0. The molecule has 0 bridgehead atoms. The fourth-order valence-corrected chi connectivity index (χ4v) is 4.65. The summed E-state index contributed by atoms with van der Waals surface area (Å²) in [6.07, 6.45) is 5.44. The van der Waals surface area contributed by atoms with E-state index in [4.69, 9.17) is 11.1 Å². The maximum absolute atomic E-state index is 12.2. The maximum Gasteiger partial charge on any atom is 0.254 e. The molecule has 1 amide bonds. The van der Waals surface area contributed by atoms with Gasteiger partial charge in [-0.2, -0.15) is 4.98 Å². The third-order valence-corrected chi connectivity index (χ3v) is 6.79. The van der Waals surface area contributed by atoms with Gasteiger partial charge < -0.3 is 31.2 Å². The zero-order chi connectivity index (χ0) is 23.9. The van der Waals surface area contributed by atoms with Gasteiger partial charge in [-0.05, 0) is 49.9 Å². The molecule has 4 N–H and O–H groups in total. The first-order valence-corrected chi connectivity index (χ1v) is 12.4. The molecule has 2 saturated heterocycles. The van der Waals surface area contributed by atoms with Crippen molar-refractivity contribution in [2.24, 2.45) is 5.73 Å². The van der Waals surface area contributed by atoms with Gasteiger partial charge in [0.15, 0.2) is 0 Å². The van der Waals surface area contributed by atoms with Crippen LogP contribution in [0.25, 0.3) is 0 Å². The van der Waals surface area contributed by atoms with Gasteiger partial charge in [0.05, 0.1) is 0 Å². The summed E-state index contributed by atoms with van der Waals surface area (Å²) < 4.78 is 0. The SMILES string of the molecule is CCN1CCN(CCc2ccc(Nc3nc(N4CCCCC4)nc(C=N)c3C(N)=O)cc2)CC1. The van der Waals surface area contributed by atoms with E-state index in [-0.39, 0.29) is 11.3 Å². The Hall–Kier alpha value is -3.04. The number of carbonyl (C=O) groups is 1. The van der Waals surface area contributed by atoms with E-state index in [9.17, 15) is 4.79 Å². The van der Waals surface area contributed by atoms with E-state index in [1.54, 1.807) is 0 Å². The average molecular weight is 465 g/mol. The first-order chi connectivity index (χ1) is 16.6. The lowest BCUT2D eigenvalue weighted by Crippen LogP contribution is -2.46. The number of piperidine rings is 1. The van der Waals surface area contributed by atoms with Crippen molar-refractivity contribution in [3.05, 3.63) is 41.1 Å². The Morgan fingerprint density at radius 2 is 1.71 bits per heavy atom. The zero-order valence-corrected chi connectivity index (χ0v) is 20.1. The van der Waals surface area contributed by atoms with Crippen LogP contribution in [0, 0.1) is 5.41 Å². The number of hydrogen-bond donors (Lipinski definition) is 3. The number of likely N-dealkylation sites (N-methyl/N-ethyl adjacent to an activating group) is 1. The zero-order valence-electron chi connectivity index (χ0n) is 20.1. The van der Waals surface area contributed by atoms with Gasteiger partial charge in [0.2, 0.25) is 5.95 Å². The summed E-state index contributed by atoms with van der Waals surface area (Å²) in [5.74, 6) is 0.236. The van der Waals surface area contributed by atoms with Crippen molar-refractivity contribution in [1.29, 1.82) is 5.41 Å².